The lowest BCUT2D eigenvalue weighted by Crippen LogP contribution is -2.28. The molecule has 1 heterocycles. The molecule has 0 spiro atoms. The van der Waals surface area contributed by atoms with Crippen LogP contribution >= 0.6 is 0 Å². The number of aromatic amines is 1. The Morgan fingerprint density at radius 3 is 3.00 bits per heavy atom. The van der Waals surface area contributed by atoms with Crippen molar-refractivity contribution in [1.82, 2.24) is 20.1 Å². The van der Waals surface area contributed by atoms with Gasteiger partial charge in [0.1, 0.15) is 17.9 Å². The Morgan fingerprint density at radius 1 is 1.47 bits per heavy atom. The van der Waals surface area contributed by atoms with Crippen LogP contribution in [0.3, 0.4) is 0 Å². The number of nitrogens with zero attached hydrogens (tertiary/aromatic N) is 3. The SMILES string of the molecule is COc1cccc(CC(=O)N(C)Cc2ncn[nH]2)c1. The van der Waals surface area contributed by atoms with Gasteiger partial charge in [0.15, 0.2) is 0 Å². The fourth-order valence-electron chi connectivity index (χ4n) is 1.71. The molecule has 0 saturated carbocycles. The molecular formula is C13H16N4O2. The molecule has 0 aliphatic rings. The number of likely N-dealkylation sites (N-methyl/N-ethyl adjacent to an activating group) is 1. The van der Waals surface area contributed by atoms with E-state index in [1.807, 2.05) is 24.3 Å². The van der Waals surface area contributed by atoms with Gasteiger partial charge in [-0.05, 0) is 17.7 Å². The van der Waals surface area contributed by atoms with Crippen LogP contribution in [-0.2, 0) is 17.8 Å². The van der Waals surface area contributed by atoms with Crippen LogP contribution in [0.2, 0.25) is 0 Å². The topological polar surface area (TPSA) is 71.1 Å². The molecule has 1 aromatic carbocycles. The smallest absolute Gasteiger partial charge is 0.227 e. The molecule has 1 aromatic heterocycles. The van der Waals surface area contributed by atoms with E-state index < -0.39 is 0 Å². The van der Waals surface area contributed by atoms with E-state index in [0.29, 0.717) is 18.8 Å². The van der Waals surface area contributed by atoms with Gasteiger partial charge in [0.05, 0.1) is 20.1 Å². The number of aromatic nitrogens is 3. The normalized spacial score (nSPS) is 10.2. The first-order chi connectivity index (χ1) is 9.19. The number of carbonyl (C=O) groups is 1. The Bertz CT molecular complexity index is 539. The largest absolute Gasteiger partial charge is 0.497 e. The summed E-state index contributed by atoms with van der Waals surface area (Å²) in [6, 6.07) is 7.49. The highest BCUT2D eigenvalue weighted by molar-refractivity contribution is 5.78. The molecule has 2 aromatic rings. The minimum absolute atomic E-state index is 0.0182. The Balaban J connectivity index is 1.96. The lowest BCUT2D eigenvalue weighted by molar-refractivity contribution is -0.129. The Labute approximate surface area is 111 Å². The molecule has 6 nitrogen and oxygen atoms in total. The molecule has 6 heteroatoms. The molecule has 0 fully saturated rings. The zero-order valence-corrected chi connectivity index (χ0v) is 11.0. The highest BCUT2D eigenvalue weighted by Crippen LogP contribution is 2.13. The third-order valence-electron chi connectivity index (χ3n) is 2.77. The van der Waals surface area contributed by atoms with Crippen LogP contribution in [0.5, 0.6) is 5.75 Å². The van der Waals surface area contributed by atoms with Gasteiger partial charge in [-0.15, -0.1) is 0 Å². The van der Waals surface area contributed by atoms with Crippen molar-refractivity contribution in [3.05, 3.63) is 42.0 Å². The number of nitrogens with one attached hydrogen (secondary N) is 1. The van der Waals surface area contributed by atoms with Gasteiger partial charge in [0.25, 0.3) is 0 Å². The summed E-state index contributed by atoms with van der Waals surface area (Å²) in [5, 5.41) is 6.48. The second-order valence-corrected chi connectivity index (χ2v) is 4.21. The van der Waals surface area contributed by atoms with Crippen LogP contribution in [0.15, 0.2) is 30.6 Å². The molecule has 0 radical (unpaired) electrons. The van der Waals surface area contributed by atoms with Crippen molar-refractivity contribution in [2.45, 2.75) is 13.0 Å². The first kappa shape index (κ1) is 13.1. The highest BCUT2D eigenvalue weighted by Gasteiger charge is 2.11. The van der Waals surface area contributed by atoms with Crippen LogP contribution in [0.4, 0.5) is 0 Å². The first-order valence-electron chi connectivity index (χ1n) is 5.90. The average Bonchev–Trinajstić information content (AvgIpc) is 2.91. The maximum Gasteiger partial charge on any atom is 0.227 e. The van der Waals surface area contributed by atoms with Crippen LogP contribution in [0, 0.1) is 0 Å². The molecule has 2 rings (SSSR count). The second kappa shape index (κ2) is 5.99. The fourth-order valence-corrected chi connectivity index (χ4v) is 1.71. The maximum absolute atomic E-state index is 12.1. The Kier molecular flexibility index (Phi) is 4.12. The minimum atomic E-state index is 0.0182. The van der Waals surface area contributed by atoms with E-state index in [1.54, 1.807) is 19.1 Å². The van der Waals surface area contributed by atoms with Crippen molar-refractivity contribution in [1.29, 1.82) is 0 Å². The summed E-state index contributed by atoms with van der Waals surface area (Å²) in [5.41, 5.74) is 0.925. The van der Waals surface area contributed by atoms with Gasteiger partial charge in [-0.2, -0.15) is 5.10 Å². The first-order valence-corrected chi connectivity index (χ1v) is 5.90. The van der Waals surface area contributed by atoms with E-state index >= 15 is 0 Å². The molecule has 0 aliphatic carbocycles. The monoisotopic (exact) mass is 260 g/mol. The molecule has 0 atom stereocenters. The van der Waals surface area contributed by atoms with Gasteiger partial charge in [-0.3, -0.25) is 9.89 Å². The molecule has 0 bridgehead atoms. The zero-order chi connectivity index (χ0) is 13.7. The van der Waals surface area contributed by atoms with Crippen LogP contribution in [0.1, 0.15) is 11.4 Å². The van der Waals surface area contributed by atoms with Crippen molar-refractivity contribution in [2.75, 3.05) is 14.2 Å². The number of benzene rings is 1. The summed E-state index contributed by atoms with van der Waals surface area (Å²) < 4.78 is 5.13. The lowest BCUT2D eigenvalue weighted by Gasteiger charge is -2.15. The highest BCUT2D eigenvalue weighted by atomic mass is 16.5. The zero-order valence-electron chi connectivity index (χ0n) is 11.0. The van der Waals surface area contributed by atoms with Crippen molar-refractivity contribution in [2.24, 2.45) is 0 Å². The van der Waals surface area contributed by atoms with E-state index in [1.165, 1.54) is 6.33 Å². The number of hydrogen-bond acceptors (Lipinski definition) is 4. The number of methoxy groups -OCH3 is 1. The van der Waals surface area contributed by atoms with Gasteiger partial charge >= 0.3 is 0 Å². The second-order valence-electron chi connectivity index (χ2n) is 4.21. The summed E-state index contributed by atoms with van der Waals surface area (Å²) in [6.45, 7) is 0.419. The van der Waals surface area contributed by atoms with Gasteiger partial charge < -0.3 is 9.64 Å². The number of ether oxygens (including phenoxy) is 1. The van der Waals surface area contributed by atoms with E-state index in [-0.39, 0.29) is 5.91 Å². The third kappa shape index (κ3) is 3.54. The molecule has 100 valence electrons. The van der Waals surface area contributed by atoms with Gasteiger partial charge in [0, 0.05) is 7.05 Å². The van der Waals surface area contributed by atoms with Crippen LogP contribution < -0.4 is 4.74 Å². The molecule has 1 amide bonds. The Morgan fingerprint density at radius 2 is 2.32 bits per heavy atom. The lowest BCUT2D eigenvalue weighted by atomic mass is 10.1. The molecule has 1 N–H and O–H groups in total. The fraction of sp³-hybridized carbons (Fsp3) is 0.308. The molecule has 0 aliphatic heterocycles. The van der Waals surface area contributed by atoms with Crippen molar-refractivity contribution in [3.63, 3.8) is 0 Å². The predicted molar refractivity (Wildman–Crippen MR) is 69.6 cm³/mol. The van der Waals surface area contributed by atoms with Crippen molar-refractivity contribution >= 4 is 5.91 Å². The van der Waals surface area contributed by atoms with Gasteiger partial charge in [-0.25, -0.2) is 4.98 Å². The summed E-state index contributed by atoms with van der Waals surface area (Å²) in [7, 11) is 3.35. The van der Waals surface area contributed by atoms with E-state index in [4.69, 9.17) is 4.74 Å². The summed E-state index contributed by atoms with van der Waals surface area (Å²) in [6.07, 6.45) is 1.76. The minimum Gasteiger partial charge on any atom is -0.497 e. The number of hydrogen-bond donors (Lipinski definition) is 1. The number of carbonyl (C=O) groups excluding carboxylic acids is 1. The maximum atomic E-state index is 12.1. The summed E-state index contributed by atoms with van der Waals surface area (Å²) >= 11 is 0. The molecule has 19 heavy (non-hydrogen) atoms. The van der Waals surface area contributed by atoms with Gasteiger partial charge in [-0.1, -0.05) is 12.1 Å². The number of amides is 1. The van der Waals surface area contributed by atoms with Gasteiger partial charge in [0.2, 0.25) is 5.91 Å². The molecule has 0 unspecified atom stereocenters. The van der Waals surface area contributed by atoms with E-state index in [9.17, 15) is 4.79 Å². The quantitative estimate of drug-likeness (QED) is 0.871. The van der Waals surface area contributed by atoms with Crippen molar-refractivity contribution in [3.8, 4) is 5.75 Å². The van der Waals surface area contributed by atoms with Crippen molar-refractivity contribution < 1.29 is 9.53 Å². The molecular weight excluding hydrogens is 244 g/mol. The van der Waals surface area contributed by atoms with Crippen LogP contribution in [-0.4, -0.2) is 40.1 Å². The third-order valence-corrected chi connectivity index (χ3v) is 2.77. The molecule has 0 saturated heterocycles. The standard InChI is InChI=1S/C13H16N4O2/c1-17(8-12-14-9-15-16-12)13(18)7-10-4-3-5-11(6-10)19-2/h3-6,9H,7-8H2,1-2H3,(H,14,15,16). The average molecular weight is 260 g/mol. The van der Waals surface area contributed by atoms with E-state index in [2.05, 4.69) is 15.2 Å². The van der Waals surface area contributed by atoms with E-state index in [0.717, 1.165) is 11.3 Å². The summed E-state index contributed by atoms with van der Waals surface area (Å²) in [4.78, 5) is 17.7. The summed E-state index contributed by atoms with van der Waals surface area (Å²) in [5.74, 6) is 1.44. The predicted octanol–water partition coefficient (Wildman–Crippen LogP) is 1.01. The Hall–Kier alpha value is -2.37. The number of rotatable bonds is 5. The number of H-pyrrole nitrogens is 1. The van der Waals surface area contributed by atoms with Crippen LogP contribution in [0.25, 0.3) is 0 Å².